The standard InChI is InChI=1S/C20H18N4O4/c1-13-3-7-15(8-4-13)21-17-11-18(22-16-9-5-14(2)6-10-16)20(24(27)28)12-19(17)23(25)26/h3-12,21-22H,1-2H3. The number of anilines is 4. The van der Waals surface area contributed by atoms with Crippen molar-refractivity contribution in [2.75, 3.05) is 10.6 Å². The molecule has 0 fully saturated rings. The summed E-state index contributed by atoms with van der Waals surface area (Å²) in [6.45, 7) is 3.86. The zero-order valence-electron chi connectivity index (χ0n) is 15.3. The Morgan fingerprint density at radius 2 is 1.00 bits per heavy atom. The van der Waals surface area contributed by atoms with E-state index in [1.165, 1.54) is 6.07 Å². The van der Waals surface area contributed by atoms with Crippen molar-refractivity contribution in [2.24, 2.45) is 0 Å². The first-order chi connectivity index (χ1) is 13.3. The zero-order chi connectivity index (χ0) is 20.3. The molecule has 0 aromatic heterocycles. The minimum atomic E-state index is -0.640. The van der Waals surface area contributed by atoms with Crippen LogP contribution in [-0.4, -0.2) is 9.85 Å². The molecule has 8 heteroatoms. The molecule has 0 amide bonds. The summed E-state index contributed by atoms with van der Waals surface area (Å²) in [6, 6.07) is 17.0. The largest absolute Gasteiger partial charge is 0.350 e. The van der Waals surface area contributed by atoms with Gasteiger partial charge in [-0.1, -0.05) is 35.4 Å². The lowest BCUT2D eigenvalue weighted by molar-refractivity contribution is -0.393. The zero-order valence-corrected chi connectivity index (χ0v) is 15.3. The molecule has 0 aliphatic rings. The monoisotopic (exact) mass is 378 g/mol. The third-order valence-electron chi connectivity index (χ3n) is 4.17. The number of nitrogens with zero attached hydrogens (tertiary/aromatic N) is 2. The first kappa shape index (κ1) is 18.8. The number of aryl methyl sites for hydroxylation is 2. The summed E-state index contributed by atoms with van der Waals surface area (Å²) in [5.74, 6) is 0. The summed E-state index contributed by atoms with van der Waals surface area (Å²) in [4.78, 5) is 21.7. The third kappa shape index (κ3) is 4.24. The lowest BCUT2D eigenvalue weighted by Gasteiger charge is -2.12. The number of hydrogen-bond donors (Lipinski definition) is 2. The van der Waals surface area contributed by atoms with Crippen molar-refractivity contribution in [1.82, 2.24) is 0 Å². The summed E-state index contributed by atoms with van der Waals surface area (Å²) in [6.07, 6.45) is 0. The van der Waals surface area contributed by atoms with Gasteiger partial charge in [0.15, 0.2) is 0 Å². The highest BCUT2D eigenvalue weighted by Gasteiger charge is 2.25. The number of nitro groups is 2. The van der Waals surface area contributed by atoms with E-state index in [1.54, 1.807) is 24.3 Å². The predicted octanol–water partition coefficient (Wildman–Crippen LogP) is 5.61. The molecule has 0 aliphatic heterocycles. The molecule has 3 rings (SSSR count). The molecule has 8 nitrogen and oxygen atoms in total. The Kier molecular flexibility index (Phi) is 5.21. The van der Waals surface area contributed by atoms with Crippen LogP contribution in [0, 0.1) is 34.1 Å². The average molecular weight is 378 g/mol. The Morgan fingerprint density at radius 1 is 0.643 bits per heavy atom. The van der Waals surface area contributed by atoms with Crippen LogP contribution in [0.5, 0.6) is 0 Å². The lowest BCUT2D eigenvalue weighted by Crippen LogP contribution is -2.03. The van der Waals surface area contributed by atoms with Crippen LogP contribution in [0.25, 0.3) is 0 Å². The molecule has 0 bridgehead atoms. The van der Waals surface area contributed by atoms with Gasteiger partial charge in [-0.3, -0.25) is 20.2 Å². The molecule has 28 heavy (non-hydrogen) atoms. The molecular formula is C20H18N4O4. The Morgan fingerprint density at radius 3 is 1.32 bits per heavy atom. The first-order valence-corrected chi connectivity index (χ1v) is 8.47. The fourth-order valence-corrected chi connectivity index (χ4v) is 2.66. The summed E-state index contributed by atoms with van der Waals surface area (Å²) < 4.78 is 0. The van der Waals surface area contributed by atoms with E-state index in [2.05, 4.69) is 10.6 Å². The molecule has 0 saturated carbocycles. The van der Waals surface area contributed by atoms with E-state index >= 15 is 0 Å². The van der Waals surface area contributed by atoms with Crippen LogP contribution in [0.1, 0.15) is 11.1 Å². The van der Waals surface area contributed by atoms with Gasteiger partial charge in [0.05, 0.1) is 15.9 Å². The minimum absolute atomic E-state index is 0.161. The molecule has 2 N–H and O–H groups in total. The van der Waals surface area contributed by atoms with Crippen LogP contribution < -0.4 is 10.6 Å². The fourth-order valence-electron chi connectivity index (χ4n) is 2.66. The second-order valence-electron chi connectivity index (χ2n) is 6.38. The molecule has 0 radical (unpaired) electrons. The normalized spacial score (nSPS) is 10.4. The van der Waals surface area contributed by atoms with Crippen LogP contribution >= 0.6 is 0 Å². The molecule has 142 valence electrons. The summed E-state index contributed by atoms with van der Waals surface area (Å²) in [7, 11) is 0. The van der Waals surface area contributed by atoms with Crippen molar-refractivity contribution in [3.8, 4) is 0 Å². The van der Waals surface area contributed by atoms with Gasteiger partial charge in [0.2, 0.25) is 0 Å². The summed E-state index contributed by atoms with van der Waals surface area (Å²) in [5.41, 5.74) is 2.95. The van der Waals surface area contributed by atoms with Gasteiger partial charge in [-0.25, -0.2) is 0 Å². The maximum atomic E-state index is 11.5. The van der Waals surface area contributed by atoms with Crippen molar-refractivity contribution in [1.29, 1.82) is 0 Å². The third-order valence-corrected chi connectivity index (χ3v) is 4.17. The highest BCUT2D eigenvalue weighted by molar-refractivity contribution is 5.82. The number of nitrogens with one attached hydrogen (secondary N) is 2. The SMILES string of the molecule is Cc1ccc(Nc2cc(Nc3ccc(C)cc3)c([N+](=O)[O-])cc2[N+](=O)[O-])cc1. The molecule has 0 unspecified atom stereocenters. The molecule has 3 aromatic carbocycles. The van der Waals surface area contributed by atoms with Gasteiger partial charge in [0, 0.05) is 11.4 Å². The van der Waals surface area contributed by atoms with E-state index in [0.29, 0.717) is 11.4 Å². The van der Waals surface area contributed by atoms with E-state index in [0.717, 1.165) is 17.2 Å². The molecule has 0 heterocycles. The van der Waals surface area contributed by atoms with Gasteiger partial charge in [0.1, 0.15) is 11.4 Å². The number of rotatable bonds is 6. The molecule has 0 atom stereocenters. The average Bonchev–Trinajstić information content (AvgIpc) is 2.65. The second-order valence-corrected chi connectivity index (χ2v) is 6.38. The van der Waals surface area contributed by atoms with Crippen LogP contribution in [0.2, 0.25) is 0 Å². The van der Waals surface area contributed by atoms with Crippen molar-refractivity contribution in [3.63, 3.8) is 0 Å². The maximum absolute atomic E-state index is 11.5. The molecule has 3 aromatic rings. The lowest BCUT2D eigenvalue weighted by atomic mass is 10.1. The maximum Gasteiger partial charge on any atom is 0.299 e. The van der Waals surface area contributed by atoms with E-state index in [1.807, 2.05) is 38.1 Å². The number of benzene rings is 3. The van der Waals surface area contributed by atoms with E-state index in [4.69, 9.17) is 0 Å². The fraction of sp³-hybridized carbons (Fsp3) is 0.100. The molecular weight excluding hydrogens is 360 g/mol. The number of hydrogen-bond acceptors (Lipinski definition) is 6. The van der Waals surface area contributed by atoms with Crippen molar-refractivity contribution < 1.29 is 9.85 Å². The van der Waals surface area contributed by atoms with Crippen LogP contribution in [0.4, 0.5) is 34.1 Å². The van der Waals surface area contributed by atoms with E-state index < -0.39 is 9.85 Å². The Hall–Kier alpha value is -3.94. The van der Waals surface area contributed by atoms with Crippen molar-refractivity contribution in [2.45, 2.75) is 13.8 Å². The highest BCUT2D eigenvalue weighted by Crippen LogP contribution is 2.38. The van der Waals surface area contributed by atoms with Crippen LogP contribution in [-0.2, 0) is 0 Å². The van der Waals surface area contributed by atoms with Crippen molar-refractivity contribution >= 4 is 34.1 Å². The van der Waals surface area contributed by atoms with Gasteiger partial charge in [0.25, 0.3) is 11.4 Å². The summed E-state index contributed by atoms with van der Waals surface area (Å²) >= 11 is 0. The Labute approximate surface area is 161 Å². The summed E-state index contributed by atoms with van der Waals surface area (Å²) in [5, 5.41) is 28.9. The van der Waals surface area contributed by atoms with Crippen LogP contribution in [0.15, 0.2) is 60.7 Å². The second kappa shape index (κ2) is 7.75. The van der Waals surface area contributed by atoms with E-state index in [-0.39, 0.29) is 22.7 Å². The predicted molar refractivity (Wildman–Crippen MR) is 109 cm³/mol. The Balaban J connectivity index is 2.06. The van der Waals surface area contributed by atoms with Gasteiger partial charge < -0.3 is 10.6 Å². The van der Waals surface area contributed by atoms with Crippen molar-refractivity contribution in [3.05, 3.63) is 92.0 Å². The van der Waals surface area contributed by atoms with Gasteiger partial charge in [-0.05, 0) is 44.2 Å². The van der Waals surface area contributed by atoms with Gasteiger partial charge in [-0.15, -0.1) is 0 Å². The van der Waals surface area contributed by atoms with Crippen LogP contribution in [0.3, 0.4) is 0 Å². The molecule has 0 spiro atoms. The molecule has 0 saturated heterocycles. The highest BCUT2D eigenvalue weighted by atomic mass is 16.6. The molecule has 0 aliphatic carbocycles. The van der Waals surface area contributed by atoms with E-state index in [9.17, 15) is 20.2 Å². The first-order valence-electron chi connectivity index (χ1n) is 8.47. The number of nitro benzene ring substituents is 2. The van der Waals surface area contributed by atoms with Gasteiger partial charge >= 0.3 is 0 Å². The Bertz CT molecular complexity index is 951. The topological polar surface area (TPSA) is 110 Å². The quantitative estimate of drug-likeness (QED) is 0.426. The smallest absolute Gasteiger partial charge is 0.299 e. The minimum Gasteiger partial charge on any atom is -0.350 e. The van der Waals surface area contributed by atoms with Gasteiger partial charge in [-0.2, -0.15) is 0 Å².